The standard InChI is InChI=1S/C17H14ClN9O3/c18-5-6-27-17(30)26-8-20-13(14(26)24-25-27)15(29)21-10-3-1-9(2-4-10)11-7-12(28)23-16(19)22-11/h1-4,7-8H,5-6H2,(H,21,29)(H3,19,22,23,28). The number of nitrogens with two attached hydrogens (primary N) is 1. The molecule has 1 amide bonds. The quantitative estimate of drug-likeness (QED) is 0.377. The van der Waals surface area contributed by atoms with Crippen LogP contribution >= 0.6 is 11.6 Å². The zero-order chi connectivity index (χ0) is 21.3. The summed E-state index contributed by atoms with van der Waals surface area (Å²) in [6.45, 7) is 0.184. The number of nitrogens with one attached hydrogen (secondary N) is 2. The van der Waals surface area contributed by atoms with Crippen molar-refractivity contribution < 1.29 is 4.79 Å². The topological polar surface area (TPSA) is 166 Å². The molecule has 0 aliphatic carbocycles. The highest BCUT2D eigenvalue weighted by molar-refractivity contribution is 6.17. The number of rotatable bonds is 5. The number of benzene rings is 1. The van der Waals surface area contributed by atoms with Gasteiger partial charge in [0.2, 0.25) is 5.95 Å². The third kappa shape index (κ3) is 3.63. The molecule has 0 unspecified atom stereocenters. The summed E-state index contributed by atoms with van der Waals surface area (Å²) in [6.07, 6.45) is 1.21. The van der Waals surface area contributed by atoms with Crippen LogP contribution < -0.4 is 22.3 Å². The third-order valence-electron chi connectivity index (χ3n) is 4.13. The van der Waals surface area contributed by atoms with Gasteiger partial charge in [-0.25, -0.2) is 19.2 Å². The molecule has 12 nitrogen and oxygen atoms in total. The molecule has 4 aromatic rings. The minimum Gasteiger partial charge on any atom is -0.369 e. The molecule has 0 radical (unpaired) electrons. The fraction of sp³-hybridized carbons (Fsp3) is 0.118. The van der Waals surface area contributed by atoms with E-state index in [2.05, 4.69) is 30.6 Å². The molecule has 0 saturated carbocycles. The van der Waals surface area contributed by atoms with Crippen LogP contribution in [0.5, 0.6) is 0 Å². The Bertz CT molecular complexity index is 1360. The van der Waals surface area contributed by atoms with Gasteiger partial charge in [-0.15, -0.1) is 16.7 Å². The van der Waals surface area contributed by atoms with Crippen LogP contribution in [0.25, 0.3) is 16.9 Å². The van der Waals surface area contributed by atoms with Gasteiger partial charge >= 0.3 is 5.69 Å². The number of imidazole rings is 1. The van der Waals surface area contributed by atoms with Gasteiger partial charge in [-0.3, -0.25) is 14.6 Å². The maximum absolute atomic E-state index is 12.6. The van der Waals surface area contributed by atoms with Crippen LogP contribution in [0.15, 0.2) is 46.2 Å². The lowest BCUT2D eigenvalue weighted by atomic mass is 10.1. The fourth-order valence-electron chi connectivity index (χ4n) is 2.76. The number of fused-ring (bicyclic) bond motifs is 1. The predicted molar refractivity (Wildman–Crippen MR) is 108 cm³/mol. The third-order valence-corrected chi connectivity index (χ3v) is 4.30. The number of aryl methyl sites for hydroxylation is 1. The summed E-state index contributed by atoms with van der Waals surface area (Å²) in [7, 11) is 0. The van der Waals surface area contributed by atoms with E-state index in [1.807, 2.05) is 0 Å². The first-order chi connectivity index (χ1) is 14.5. The number of halogens is 1. The van der Waals surface area contributed by atoms with Crippen LogP contribution in [-0.4, -0.2) is 46.1 Å². The summed E-state index contributed by atoms with van der Waals surface area (Å²) in [5.74, 6) is -0.363. The summed E-state index contributed by atoms with van der Waals surface area (Å²) in [4.78, 5) is 46.8. The lowest BCUT2D eigenvalue weighted by Gasteiger charge is -2.06. The van der Waals surface area contributed by atoms with Crippen molar-refractivity contribution in [1.82, 2.24) is 34.3 Å². The van der Waals surface area contributed by atoms with Gasteiger partial charge in [0, 0.05) is 23.2 Å². The fourth-order valence-corrected chi connectivity index (χ4v) is 2.92. The minimum atomic E-state index is -0.562. The first-order valence-corrected chi connectivity index (χ1v) is 9.15. The van der Waals surface area contributed by atoms with Crippen LogP contribution in [-0.2, 0) is 6.54 Å². The van der Waals surface area contributed by atoms with Crippen LogP contribution in [0.3, 0.4) is 0 Å². The molecule has 3 aromatic heterocycles. The number of carbonyl (C=O) groups is 1. The molecule has 30 heavy (non-hydrogen) atoms. The summed E-state index contributed by atoms with van der Waals surface area (Å²) in [5.41, 5.74) is 6.18. The molecule has 3 heterocycles. The Hall–Kier alpha value is -4.06. The lowest BCUT2D eigenvalue weighted by molar-refractivity contribution is 0.102. The van der Waals surface area contributed by atoms with Gasteiger partial charge in [0.25, 0.3) is 11.5 Å². The highest BCUT2D eigenvalue weighted by atomic mass is 35.5. The Kier molecular flexibility index (Phi) is 4.98. The van der Waals surface area contributed by atoms with Gasteiger partial charge in [0.15, 0.2) is 11.3 Å². The lowest BCUT2D eigenvalue weighted by Crippen LogP contribution is -2.30. The number of nitrogens with zero attached hydrogens (tertiary/aromatic N) is 6. The second-order valence-electron chi connectivity index (χ2n) is 6.12. The van der Waals surface area contributed by atoms with Crippen molar-refractivity contribution in [1.29, 1.82) is 0 Å². The smallest absolute Gasteiger partial charge is 0.353 e. The highest BCUT2D eigenvalue weighted by Crippen LogP contribution is 2.19. The Morgan fingerprint density at radius 3 is 2.70 bits per heavy atom. The van der Waals surface area contributed by atoms with Crippen LogP contribution in [0, 0.1) is 0 Å². The number of carbonyl (C=O) groups excluding carboxylic acids is 1. The molecule has 0 fully saturated rings. The number of anilines is 2. The number of aromatic amines is 1. The van der Waals surface area contributed by atoms with Crippen molar-refractivity contribution >= 4 is 34.8 Å². The van der Waals surface area contributed by atoms with Crippen molar-refractivity contribution in [3.05, 3.63) is 63.2 Å². The number of H-pyrrole nitrogens is 1. The second-order valence-corrected chi connectivity index (χ2v) is 6.50. The Morgan fingerprint density at radius 2 is 2.00 bits per heavy atom. The molecular weight excluding hydrogens is 414 g/mol. The van der Waals surface area contributed by atoms with E-state index in [9.17, 15) is 14.4 Å². The molecule has 0 aliphatic heterocycles. The minimum absolute atomic E-state index is 0.00718. The number of alkyl halides is 1. The van der Waals surface area contributed by atoms with Gasteiger partial charge in [0.05, 0.1) is 12.2 Å². The molecule has 0 saturated heterocycles. The van der Waals surface area contributed by atoms with Gasteiger partial charge in [0.1, 0.15) is 6.33 Å². The van der Waals surface area contributed by atoms with E-state index in [1.165, 1.54) is 12.4 Å². The molecule has 13 heteroatoms. The van der Waals surface area contributed by atoms with Crippen LogP contribution in [0.2, 0.25) is 0 Å². The summed E-state index contributed by atoms with van der Waals surface area (Å²) < 4.78 is 2.21. The molecule has 4 rings (SSSR count). The molecule has 4 N–H and O–H groups in total. The molecule has 0 spiro atoms. The second kappa shape index (κ2) is 7.75. The van der Waals surface area contributed by atoms with Crippen molar-refractivity contribution in [2.24, 2.45) is 0 Å². The number of aromatic nitrogens is 7. The van der Waals surface area contributed by atoms with E-state index >= 15 is 0 Å². The molecular formula is C17H14ClN9O3. The monoisotopic (exact) mass is 427 g/mol. The van der Waals surface area contributed by atoms with E-state index in [1.54, 1.807) is 24.3 Å². The van der Waals surface area contributed by atoms with E-state index in [0.717, 1.165) is 9.08 Å². The maximum Gasteiger partial charge on any atom is 0.353 e. The van der Waals surface area contributed by atoms with Gasteiger partial charge in [-0.05, 0) is 12.1 Å². The van der Waals surface area contributed by atoms with Crippen molar-refractivity contribution in [3.8, 4) is 11.3 Å². The first kappa shape index (κ1) is 19.3. The number of nitrogen functional groups attached to an aromatic ring is 1. The van der Waals surface area contributed by atoms with Crippen LogP contribution in [0.1, 0.15) is 10.5 Å². The maximum atomic E-state index is 12.6. The summed E-state index contributed by atoms with van der Waals surface area (Å²) in [5, 5.41) is 10.3. The number of amides is 1. The van der Waals surface area contributed by atoms with E-state index < -0.39 is 11.6 Å². The van der Waals surface area contributed by atoms with E-state index in [4.69, 9.17) is 17.3 Å². The number of hydrogen-bond donors (Lipinski definition) is 3. The first-order valence-electron chi connectivity index (χ1n) is 8.61. The average Bonchev–Trinajstić information content (AvgIpc) is 3.15. The summed E-state index contributed by atoms with van der Waals surface area (Å²) in [6, 6.07) is 7.92. The van der Waals surface area contributed by atoms with Crippen LogP contribution in [0.4, 0.5) is 11.6 Å². The Labute approximate surface area is 172 Å². The zero-order valence-electron chi connectivity index (χ0n) is 15.2. The highest BCUT2D eigenvalue weighted by Gasteiger charge is 2.18. The molecule has 152 valence electrons. The van der Waals surface area contributed by atoms with Gasteiger partial charge in [-0.2, -0.15) is 4.68 Å². The molecule has 0 atom stereocenters. The Balaban J connectivity index is 1.57. The van der Waals surface area contributed by atoms with Crippen molar-refractivity contribution in [3.63, 3.8) is 0 Å². The predicted octanol–water partition coefficient (Wildman–Crippen LogP) is 0.110. The largest absolute Gasteiger partial charge is 0.369 e. The molecule has 0 aliphatic rings. The SMILES string of the molecule is Nc1nc(-c2ccc(NC(=O)c3ncn4c(=O)n(CCCl)nnc34)cc2)cc(=O)[nH]1. The summed E-state index contributed by atoms with van der Waals surface area (Å²) >= 11 is 5.63. The van der Waals surface area contributed by atoms with Crippen molar-refractivity contribution in [2.75, 3.05) is 16.9 Å². The van der Waals surface area contributed by atoms with E-state index in [-0.39, 0.29) is 35.3 Å². The van der Waals surface area contributed by atoms with Crippen molar-refractivity contribution in [2.45, 2.75) is 6.54 Å². The Morgan fingerprint density at radius 1 is 1.23 bits per heavy atom. The normalized spacial score (nSPS) is 11.0. The zero-order valence-corrected chi connectivity index (χ0v) is 16.0. The van der Waals surface area contributed by atoms with Gasteiger partial charge < -0.3 is 11.1 Å². The average molecular weight is 428 g/mol. The van der Waals surface area contributed by atoms with E-state index in [0.29, 0.717) is 16.9 Å². The number of hydrogen-bond acceptors (Lipinski definition) is 8. The van der Waals surface area contributed by atoms with Gasteiger partial charge in [-0.1, -0.05) is 17.3 Å². The molecule has 0 bridgehead atoms. The molecule has 1 aromatic carbocycles.